The maximum Gasteiger partial charge on any atom is 0.123 e. The molecule has 1 unspecified atom stereocenters. The van der Waals surface area contributed by atoms with Gasteiger partial charge in [0.1, 0.15) is 5.75 Å². The van der Waals surface area contributed by atoms with Crippen LogP contribution in [0.4, 0.5) is 0 Å². The first-order valence-electron chi connectivity index (χ1n) is 7.36. The molecule has 0 amide bonds. The topological polar surface area (TPSA) is 39.5 Å². The maximum absolute atomic E-state index is 9.14. The third-order valence-electron chi connectivity index (χ3n) is 4.02. The van der Waals surface area contributed by atoms with E-state index in [0.29, 0.717) is 0 Å². The summed E-state index contributed by atoms with van der Waals surface area (Å²) in [6.45, 7) is 6.71. The molecule has 4 nitrogen and oxygen atoms in total. The molecule has 0 radical (unpaired) electrons. The molecule has 0 aromatic heterocycles. The molecule has 1 aromatic rings. The van der Waals surface area contributed by atoms with E-state index < -0.39 is 0 Å². The zero-order valence-electron chi connectivity index (χ0n) is 12.7. The Balaban J connectivity index is 1.95. The lowest BCUT2D eigenvalue weighted by molar-refractivity contribution is 0.107. The number of hydrogen-bond acceptors (Lipinski definition) is 4. The molecule has 0 N–H and O–H groups in total. The molecule has 0 saturated carbocycles. The summed E-state index contributed by atoms with van der Waals surface area (Å²) in [5.74, 6) is 0.880. The van der Waals surface area contributed by atoms with Gasteiger partial charge in [-0.25, -0.2) is 0 Å². The minimum Gasteiger partial charge on any atom is -0.496 e. The lowest BCUT2D eigenvalue weighted by Crippen LogP contribution is -2.49. The number of benzene rings is 1. The van der Waals surface area contributed by atoms with Crippen molar-refractivity contribution in [1.82, 2.24) is 9.80 Å². The van der Waals surface area contributed by atoms with Crippen LogP contribution in [0.1, 0.15) is 18.9 Å². The van der Waals surface area contributed by atoms with Crippen molar-refractivity contribution >= 4 is 11.6 Å². The van der Waals surface area contributed by atoms with Crippen LogP contribution in [0.2, 0.25) is 5.02 Å². The van der Waals surface area contributed by atoms with E-state index in [1.807, 2.05) is 18.2 Å². The van der Waals surface area contributed by atoms with Crippen molar-refractivity contribution in [3.8, 4) is 11.8 Å². The SMILES string of the molecule is CCC(C#N)N1CCN(Cc2cc(Cl)ccc2OC)CC1. The zero-order chi connectivity index (χ0) is 15.2. The van der Waals surface area contributed by atoms with Crippen molar-refractivity contribution in [2.45, 2.75) is 25.9 Å². The molecule has 114 valence electrons. The highest BCUT2D eigenvalue weighted by Gasteiger charge is 2.23. The summed E-state index contributed by atoms with van der Waals surface area (Å²) in [5.41, 5.74) is 1.12. The molecule has 0 aliphatic carbocycles. The summed E-state index contributed by atoms with van der Waals surface area (Å²) in [6.07, 6.45) is 0.888. The molecule has 1 saturated heterocycles. The molecule has 0 spiro atoms. The van der Waals surface area contributed by atoms with Gasteiger partial charge in [-0.1, -0.05) is 18.5 Å². The van der Waals surface area contributed by atoms with Crippen molar-refractivity contribution in [2.75, 3.05) is 33.3 Å². The van der Waals surface area contributed by atoms with Crippen LogP contribution in [-0.2, 0) is 6.54 Å². The predicted molar refractivity (Wildman–Crippen MR) is 84.5 cm³/mol. The fourth-order valence-electron chi connectivity index (χ4n) is 2.78. The van der Waals surface area contributed by atoms with Crippen LogP contribution < -0.4 is 4.74 Å². The van der Waals surface area contributed by atoms with Crippen molar-refractivity contribution in [2.24, 2.45) is 0 Å². The lowest BCUT2D eigenvalue weighted by Gasteiger charge is -2.36. The van der Waals surface area contributed by atoms with E-state index in [4.69, 9.17) is 21.6 Å². The Hall–Kier alpha value is -1.28. The van der Waals surface area contributed by atoms with Crippen LogP contribution in [-0.4, -0.2) is 49.1 Å². The van der Waals surface area contributed by atoms with Gasteiger partial charge in [-0.2, -0.15) is 5.26 Å². The second-order valence-electron chi connectivity index (χ2n) is 5.32. The Kier molecular flexibility index (Phi) is 5.86. The van der Waals surface area contributed by atoms with E-state index in [1.54, 1.807) is 7.11 Å². The smallest absolute Gasteiger partial charge is 0.123 e. The number of hydrogen-bond donors (Lipinski definition) is 0. The number of nitrogens with zero attached hydrogens (tertiary/aromatic N) is 3. The minimum atomic E-state index is 0.0489. The maximum atomic E-state index is 9.14. The third-order valence-corrected chi connectivity index (χ3v) is 4.25. The lowest BCUT2D eigenvalue weighted by atomic mass is 10.1. The molecule has 1 aliphatic rings. The number of halogens is 1. The predicted octanol–water partition coefficient (Wildman–Crippen LogP) is 2.77. The summed E-state index contributed by atoms with van der Waals surface area (Å²) in [5, 5.41) is 9.88. The van der Waals surface area contributed by atoms with E-state index in [1.165, 1.54) is 0 Å². The number of piperazine rings is 1. The standard InChI is InChI=1S/C16H22ClN3O/c1-3-15(11-18)20-8-6-19(7-9-20)12-13-10-14(17)4-5-16(13)21-2/h4-5,10,15H,3,6-9,12H2,1-2H3. The van der Waals surface area contributed by atoms with Crippen LogP contribution in [0.25, 0.3) is 0 Å². The second-order valence-corrected chi connectivity index (χ2v) is 5.76. The van der Waals surface area contributed by atoms with Crippen molar-refractivity contribution in [1.29, 1.82) is 5.26 Å². The van der Waals surface area contributed by atoms with Gasteiger partial charge in [0.2, 0.25) is 0 Å². The van der Waals surface area contributed by atoms with Gasteiger partial charge < -0.3 is 4.74 Å². The third kappa shape index (κ3) is 4.10. The quantitative estimate of drug-likeness (QED) is 0.838. The molecular formula is C16H22ClN3O. The first kappa shape index (κ1) is 16.1. The molecule has 1 heterocycles. The van der Waals surface area contributed by atoms with Crippen LogP contribution in [0.3, 0.4) is 0 Å². The molecular weight excluding hydrogens is 286 g/mol. The van der Waals surface area contributed by atoms with E-state index in [0.717, 1.165) is 55.5 Å². The molecule has 1 atom stereocenters. The van der Waals surface area contributed by atoms with Gasteiger partial charge in [0.05, 0.1) is 19.2 Å². The van der Waals surface area contributed by atoms with Gasteiger partial charge >= 0.3 is 0 Å². The van der Waals surface area contributed by atoms with E-state index >= 15 is 0 Å². The monoisotopic (exact) mass is 307 g/mol. The highest BCUT2D eigenvalue weighted by molar-refractivity contribution is 6.30. The number of nitriles is 1. The first-order chi connectivity index (χ1) is 10.2. The van der Waals surface area contributed by atoms with Crippen LogP contribution in [0.5, 0.6) is 5.75 Å². The molecule has 1 aliphatic heterocycles. The van der Waals surface area contributed by atoms with Gasteiger partial charge in [-0.3, -0.25) is 9.80 Å². The summed E-state index contributed by atoms with van der Waals surface area (Å²) < 4.78 is 5.40. The van der Waals surface area contributed by atoms with E-state index in [2.05, 4.69) is 22.8 Å². The van der Waals surface area contributed by atoms with Crippen molar-refractivity contribution in [3.63, 3.8) is 0 Å². The second kappa shape index (κ2) is 7.65. The number of methoxy groups -OCH3 is 1. The Labute approximate surface area is 131 Å². The Morgan fingerprint density at radius 3 is 2.62 bits per heavy atom. The van der Waals surface area contributed by atoms with Crippen molar-refractivity contribution < 1.29 is 4.74 Å². The molecule has 2 rings (SSSR count). The molecule has 5 heteroatoms. The summed E-state index contributed by atoms with van der Waals surface area (Å²) in [4.78, 5) is 4.65. The van der Waals surface area contributed by atoms with Crippen LogP contribution in [0, 0.1) is 11.3 Å². The van der Waals surface area contributed by atoms with Crippen molar-refractivity contribution in [3.05, 3.63) is 28.8 Å². The molecule has 1 aromatic carbocycles. The zero-order valence-corrected chi connectivity index (χ0v) is 13.4. The number of rotatable bonds is 5. The van der Waals surface area contributed by atoms with Gasteiger partial charge in [0.25, 0.3) is 0 Å². The van der Waals surface area contributed by atoms with Gasteiger partial charge in [-0.15, -0.1) is 0 Å². The summed E-state index contributed by atoms with van der Waals surface area (Å²) in [7, 11) is 1.68. The normalized spacial score (nSPS) is 18.2. The minimum absolute atomic E-state index is 0.0489. The Morgan fingerprint density at radius 2 is 2.05 bits per heavy atom. The van der Waals surface area contributed by atoms with Gasteiger partial charge in [0, 0.05) is 43.3 Å². The average Bonchev–Trinajstić information content (AvgIpc) is 2.50. The number of ether oxygens (including phenoxy) is 1. The highest BCUT2D eigenvalue weighted by Crippen LogP contribution is 2.24. The van der Waals surface area contributed by atoms with Gasteiger partial charge in [0.15, 0.2) is 0 Å². The molecule has 0 bridgehead atoms. The highest BCUT2D eigenvalue weighted by atomic mass is 35.5. The van der Waals surface area contributed by atoms with Crippen LogP contribution >= 0.6 is 11.6 Å². The largest absolute Gasteiger partial charge is 0.496 e. The average molecular weight is 308 g/mol. The Morgan fingerprint density at radius 1 is 1.33 bits per heavy atom. The Bertz CT molecular complexity index is 507. The van der Waals surface area contributed by atoms with E-state index in [9.17, 15) is 0 Å². The fourth-order valence-corrected chi connectivity index (χ4v) is 2.97. The summed E-state index contributed by atoms with van der Waals surface area (Å²) in [6, 6.07) is 8.16. The van der Waals surface area contributed by atoms with Gasteiger partial charge in [-0.05, 0) is 24.6 Å². The summed E-state index contributed by atoms with van der Waals surface area (Å²) >= 11 is 6.08. The first-order valence-corrected chi connectivity index (χ1v) is 7.74. The molecule has 1 fully saturated rings. The molecule has 21 heavy (non-hydrogen) atoms. The fraction of sp³-hybridized carbons (Fsp3) is 0.562. The van der Waals surface area contributed by atoms with E-state index in [-0.39, 0.29) is 6.04 Å². The van der Waals surface area contributed by atoms with Crippen LogP contribution in [0.15, 0.2) is 18.2 Å².